The molecule has 0 atom stereocenters. The molecular weight excluding hydrogens is 406 g/mol. The van der Waals surface area contributed by atoms with E-state index >= 15 is 0 Å². The number of aryl methyl sites for hydroxylation is 3. The third-order valence-corrected chi connectivity index (χ3v) is 6.18. The normalized spacial score (nSPS) is 14.1. The van der Waals surface area contributed by atoms with Crippen LogP contribution in [0.15, 0.2) is 40.8 Å². The largest absolute Gasteiger partial charge is 0.424 e. The molecule has 0 bridgehead atoms. The lowest BCUT2D eigenvalue weighted by atomic mass is 9.69. The molecule has 1 aliphatic rings. The van der Waals surface area contributed by atoms with Crippen LogP contribution in [0.3, 0.4) is 0 Å². The maximum absolute atomic E-state index is 12.3. The highest BCUT2D eigenvalue weighted by atomic mass is 16.4. The van der Waals surface area contributed by atoms with Gasteiger partial charge in [0.2, 0.25) is 11.8 Å². The fraction of sp³-hybridized carbons (Fsp3) is 0.333. The number of hydrogen-bond donors (Lipinski definition) is 3. The molecule has 166 valence electrons. The second-order valence-corrected chi connectivity index (χ2v) is 7.97. The zero-order valence-corrected chi connectivity index (χ0v) is 18.5. The van der Waals surface area contributed by atoms with Gasteiger partial charge in [0, 0.05) is 32.1 Å². The summed E-state index contributed by atoms with van der Waals surface area (Å²) < 4.78 is 6.01. The van der Waals surface area contributed by atoms with E-state index in [1.807, 2.05) is 36.4 Å². The molecule has 0 saturated heterocycles. The molecule has 0 spiro atoms. The summed E-state index contributed by atoms with van der Waals surface area (Å²) in [4.78, 5) is 24.6. The van der Waals surface area contributed by atoms with E-state index in [1.54, 1.807) is 21.0 Å². The second kappa shape index (κ2) is 8.55. The molecule has 4 rings (SSSR count). The lowest BCUT2D eigenvalue weighted by molar-refractivity contribution is 0.0955. The Morgan fingerprint density at radius 1 is 0.969 bits per heavy atom. The van der Waals surface area contributed by atoms with Crippen molar-refractivity contribution in [3.05, 3.63) is 81.6 Å². The molecule has 2 aromatic carbocycles. The van der Waals surface area contributed by atoms with Gasteiger partial charge in [-0.15, -0.1) is 10.2 Å². The first-order valence-corrected chi connectivity index (χ1v) is 10.7. The Kier molecular flexibility index (Phi) is 5.80. The number of benzene rings is 2. The first-order valence-electron chi connectivity index (χ1n) is 10.7. The van der Waals surface area contributed by atoms with Crippen LogP contribution in [0.25, 0.3) is 0 Å². The van der Waals surface area contributed by atoms with E-state index in [2.05, 4.69) is 20.8 Å². The van der Waals surface area contributed by atoms with E-state index in [1.165, 1.54) is 0 Å². The molecule has 8 heteroatoms. The summed E-state index contributed by atoms with van der Waals surface area (Å²) in [5.41, 5.74) is 10.6. The molecule has 0 saturated carbocycles. The van der Waals surface area contributed by atoms with E-state index in [9.17, 15) is 9.59 Å². The van der Waals surface area contributed by atoms with Gasteiger partial charge in [-0.3, -0.25) is 9.59 Å². The minimum atomic E-state index is -0.778. The monoisotopic (exact) mass is 433 g/mol. The van der Waals surface area contributed by atoms with Crippen molar-refractivity contribution in [3.8, 4) is 0 Å². The van der Waals surface area contributed by atoms with Crippen molar-refractivity contribution in [2.75, 3.05) is 20.6 Å². The molecule has 0 fully saturated rings. The smallest absolute Gasteiger partial charge is 0.251 e. The molecule has 32 heavy (non-hydrogen) atoms. The van der Waals surface area contributed by atoms with Crippen LogP contribution in [-0.4, -0.2) is 42.7 Å². The minimum Gasteiger partial charge on any atom is -0.424 e. The third kappa shape index (κ3) is 3.46. The van der Waals surface area contributed by atoms with Crippen molar-refractivity contribution in [2.45, 2.75) is 31.6 Å². The highest BCUT2D eigenvalue weighted by Gasteiger charge is 2.45. The van der Waals surface area contributed by atoms with Crippen molar-refractivity contribution >= 4 is 11.8 Å². The summed E-state index contributed by atoms with van der Waals surface area (Å²) >= 11 is 0. The fourth-order valence-electron chi connectivity index (χ4n) is 4.71. The minimum absolute atomic E-state index is 0.144. The van der Waals surface area contributed by atoms with E-state index in [4.69, 9.17) is 10.2 Å². The Labute approximate surface area is 186 Å². The van der Waals surface area contributed by atoms with E-state index in [0.717, 1.165) is 22.3 Å². The van der Waals surface area contributed by atoms with Crippen molar-refractivity contribution in [3.63, 3.8) is 0 Å². The van der Waals surface area contributed by atoms with Gasteiger partial charge in [-0.1, -0.05) is 12.1 Å². The number of hydrogen-bond acceptors (Lipinski definition) is 6. The predicted octanol–water partition coefficient (Wildman–Crippen LogP) is 1.88. The summed E-state index contributed by atoms with van der Waals surface area (Å²) in [7, 11) is 3.23. The van der Waals surface area contributed by atoms with Gasteiger partial charge >= 0.3 is 0 Å². The average Bonchev–Trinajstić information content (AvgIpc) is 3.21. The Morgan fingerprint density at radius 3 is 1.91 bits per heavy atom. The SMILES string of the molecule is CNC(=O)c1ccc2c(c1)CCc1cc(C(=O)NC)ccc1C2(CCN)c1nnc(C)o1. The highest BCUT2D eigenvalue weighted by Crippen LogP contribution is 2.46. The van der Waals surface area contributed by atoms with Crippen molar-refractivity contribution in [1.82, 2.24) is 20.8 Å². The molecule has 1 aliphatic carbocycles. The van der Waals surface area contributed by atoms with Gasteiger partial charge in [-0.05, 0) is 72.3 Å². The average molecular weight is 434 g/mol. The van der Waals surface area contributed by atoms with Crippen molar-refractivity contribution in [2.24, 2.45) is 5.73 Å². The first-order chi connectivity index (χ1) is 15.4. The lowest BCUT2D eigenvalue weighted by Crippen LogP contribution is -2.34. The first kappa shape index (κ1) is 21.7. The van der Waals surface area contributed by atoms with Crippen molar-refractivity contribution in [1.29, 1.82) is 0 Å². The molecule has 2 amide bonds. The van der Waals surface area contributed by atoms with Gasteiger partial charge in [0.1, 0.15) is 5.41 Å². The molecule has 3 aromatic rings. The number of carbonyl (C=O) groups excluding carboxylic acids is 2. The van der Waals surface area contributed by atoms with E-state index in [0.29, 0.717) is 48.7 Å². The summed E-state index contributed by atoms with van der Waals surface area (Å²) in [5, 5.41) is 13.9. The van der Waals surface area contributed by atoms with Crippen LogP contribution < -0.4 is 16.4 Å². The Bertz CT molecular complexity index is 1120. The summed E-state index contributed by atoms with van der Waals surface area (Å²) in [6.07, 6.45) is 1.93. The zero-order valence-electron chi connectivity index (χ0n) is 18.5. The summed E-state index contributed by atoms with van der Waals surface area (Å²) in [5.74, 6) is 0.641. The third-order valence-electron chi connectivity index (χ3n) is 6.18. The Morgan fingerprint density at radius 2 is 1.50 bits per heavy atom. The van der Waals surface area contributed by atoms with Crippen LogP contribution >= 0.6 is 0 Å². The molecule has 4 N–H and O–H groups in total. The fourth-order valence-corrected chi connectivity index (χ4v) is 4.71. The number of nitrogens with one attached hydrogen (secondary N) is 2. The van der Waals surface area contributed by atoms with Crippen LogP contribution in [0.4, 0.5) is 0 Å². The lowest BCUT2D eigenvalue weighted by Gasteiger charge is -2.33. The predicted molar refractivity (Wildman–Crippen MR) is 120 cm³/mol. The van der Waals surface area contributed by atoms with Gasteiger partial charge in [-0.2, -0.15) is 0 Å². The van der Waals surface area contributed by atoms with Gasteiger partial charge in [-0.25, -0.2) is 0 Å². The number of aromatic nitrogens is 2. The number of fused-ring (bicyclic) bond motifs is 2. The van der Waals surface area contributed by atoms with Gasteiger partial charge in [0.25, 0.3) is 11.8 Å². The molecular formula is C24H27N5O3. The number of nitrogens with two attached hydrogens (primary N) is 1. The van der Waals surface area contributed by atoms with Gasteiger partial charge in [0.05, 0.1) is 0 Å². The molecule has 1 aromatic heterocycles. The molecule has 8 nitrogen and oxygen atoms in total. The Balaban J connectivity index is 2.02. The molecule has 0 aliphatic heterocycles. The van der Waals surface area contributed by atoms with Crippen LogP contribution in [0.5, 0.6) is 0 Å². The van der Waals surface area contributed by atoms with E-state index in [-0.39, 0.29) is 11.8 Å². The maximum Gasteiger partial charge on any atom is 0.251 e. The summed E-state index contributed by atoms with van der Waals surface area (Å²) in [6.45, 7) is 2.14. The Hall–Kier alpha value is -3.52. The summed E-state index contributed by atoms with van der Waals surface area (Å²) in [6, 6.07) is 11.4. The number of rotatable bonds is 5. The highest BCUT2D eigenvalue weighted by molar-refractivity contribution is 5.95. The number of carbonyl (C=O) groups is 2. The molecule has 0 radical (unpaired) electrons. The van der Waals surface area contributed by atoms with Gasteiger partial charge in [0.15, 0.2) is 0 Å². The second-order valence-electron chi connectivity index (χ2n) is 7.97. The topological polar surface area (TPSA) is 123 Å². The standard InChI is InChI=1S/C24H27N5O3/c1-14-28-29-23(32-14)24(10-11-25)19-8-6-17(21(30)26-2)12-15(19)4-5-16-13-18(22(31)27-3)7-9-20(16)24/h6-9,12-13H,4-5,10-11,25H2,1-3H3,(H,26,30)(H,27,31). The van der Waals surface area contributed by atoms with Crippen LogP contribution in [0, 0.1) is 6.92 Å². The van der Waals surface area contributed by atoms with Crippen LogP contribution in [0.2, 0.25) is 0 Å². The van der Waals surface area contributed by atoms with Gasteiger partial charge < -0.3 is 20.8 Å². The van der Waals surface area contributed by atoms with Crippen LogP contribution in [-0.2, 0) is 18.3 Å². The maximum atomic E-state index is 12.3. The molecule has 1 heterocycles. The van der Waals surface area contributed by atoms with Crippen LogP contribution in [0.1, 0.15) is 61.2 Å². The zero-order chi connectivity index (χ0) is 22.9. The van der Waals surface area contributed by atoms with E-state index < -0.39 is 5.41 Å². The number of amides is 2. The van der Waals surface area contributed by atoms with Crippen molar-refractivity contribution < 1.29 is 14.0 Å². The number of nitrogens with zero attached hydrogens (tertiary/aromatic N) is 2. The molecule has 0 unspecified atom stereocenters. The quantitative estimate of drug-likeness (QED) is 0.565.